The number of hydrogen-bond donors (Lipinski definition) is 1. The van der Waals surface area contributed by atoms with Gasteiger partial charge in [-0.2, -0.15) is 0 Å². The van der Waals surface area contributed by atoms with E-state index in [1.807, 2.05) is 51.7 Å². The monoisotopic (exact) mass is 461 g/mol. The number of rotatable bonds is 1. The van der Waals surface area contributed by atoms with E-state index in [-0.39, 0.29) is 17.6 Å². The van der Waals surface area contributed by atoms with Gasteiger partial charge in [0.1, 0.15) is 5.60 Å². The van der Waals surface area contributed by atoms with Crippen LogP contribution in [0.4, 0.5) is 10.5 Å². The minimum absolute atomic E-state index is 0.167. The number of nitrogens with one attached hydrogen (secondary N) is 1. The zero-order valence-corrected chi connectivity index (χ0v) is 22.1. The molecule has 1 aromatic rings. The highest BCUT2D eigenvalue weighted by Gasteiger charge is 2.33. The highest BCUT2D eigenvalue weighted by atomic mass is 16.6. The summed E-state index contributed by atoms with van der Waals surface area (Å²) in [4.78, 5) is 27.2. The van der Waals surface area contributed by atoms with Crippen molar-refractivity contribution in [3.63, 3.8) is 0 Å². The van der Waals surface area contributed by atoms with Crippen molar-refractivity contribution in [1.29, 1.82) is 0 Å². The number of carbonyl (C=O) groups excluding carboxylic acids is 2. The molecule has 0 aliphatic carbocycles. The van der Waals surface area contributed by atoms with Crippen molar-refractivity contribution in [1.82, 2.24) is 10.2 Å². The lowest BCUT2D eigenvalue weighted by atomic mass is 10.0. The maximum Gasteiger partial charge on any atom is 0.410 e. The summed E-state index contributed by atoms with van der Waals surface area (Å²) in [6.07, 6.45) is 6.03. The summed E-state index contributed by atoms with van der Waals surface area (Å²) < 4.78 is 5.21. The van der Waals surface area contributed by atoms with Crippen molar-refractivity contribution in [2.24, 2.45) is 0 Å². The molecular weight excluding hydrogens is 414 g/mol. The van der Waals surface area contributed by atoms with Crippen LogP contribution < -0.4 is 10.2 Å². The third kappa shape index (κ3) is 9.75. The molecule has 2 amide bonds. The van der Waals surface area contributed by atoms with Crippen LogP contribution in [0, 0.1) is 0 Å². The first-order valence-electron chi connectivity index (χ1n) is 12.9. The number of ether oxygens (including phenoxy) is 1. The van der Waals surface area contributed by atoms with Gasteiger partial charge in [0.05, 0.1) is 6.42 Å². The van der Waals surface area contributed by atoms with E-state index < -0.39 is 0 Å². The number of amides is 2. The van der Waals surface area contributed by atoms with Crippen molar-refractivity contribution in [2.45, 2.75) is 98.6 Å². The first kappa shape index (κ1) is 29.0. The number of nitrogens with zero attached hydrogens (tertiary/aromatic N) is 2. The summed E-state index contributed by atoms with van der Waals surface area (Å²) >= 11 is 0. The van der Waals surface area contributed by atoms with Gasteiger partial charge in [-0.1, -0.05) is 52.3 Å². The molecule has 6 nitrogen and oxygen atoms in total. The fraction of sp³-hybridized carbons (Fsp3) is 0.704. The number of piperidine rings is 1. The Hall–Kier alpha value is -2.08. The molecule has 0 unspecified atom stereocenters. The molecule has 0 aromatic heterocycles. The van der Waals surface area contributed by atoms with Crippen LogP contribution in [0.1, 0.15) is 86.1 Å². The largest absolute Gasteiger partial charge is 0.444 e. The molecule has 0 saturated carbocycles. The van der Waals surface area contributed by atoms with Gasteiger partial charge in [-0.15, -0.1) is 0 Å². The number of fused-ring (bicyclic) bond motifs is 1. The molecule has 0 atom stereocenters. The van der Waals surface area contributed by atoms with E-state index in [2.05, 4.69) is 31.3 Å². The number of carbonyl (C=O) groups is 2. The third-order valence-corrected chi connectivity index (χ3v) is 5.29. The van der Waals surface area contributed by atoms with Crippen molar-refractivity contribution < 1.29 is 14.3 Å². The molecule has 0 spiro atoms. The number of anilines is 1. The summed E-state index contributed by atoms with van der Waals surface area (Å²) in [6, 6.07) is 8.57. The molecule has 3 heterocycles. The lowest BCUT2D eigenvalue weighted by Crippen LogP contribution is -2.44. The van der Waals surface area contributed by atoms with Crippen molar-refractivity contribution in [3.05, 3.63) is 29.8 Å². The van der Waals surface area contributed by atoms with Crippen LogP contribution in [0.5, 0.6) is 0 Å². The smallest absolute Gasteiger partial charge is 0.410 e. The topological polar surface area (TPSA) is 61.9 Å². The Morgan fingerprint density at radius 2 is 1.61 bits per heavy atom. The molecule has 188 valence electrons. The second-order valence-electron chi connectivity index (χ2n) is 9.43. The molecule has 2 fully saturated rings. The van der Waals surface area contributed by atoms with Gasteiger partial charge in [-0.3, -0.25) is 4.79 Å². The van der Waals surface area contributed by atoms with Gasteiger partial charge in [-0.25, -0.2) is 4.79 Å². The van der Waals surface area contributed by atoms with Gasteiger partial charge in [0.25, 0.3) is 0 Å². The van der Waals surface area contributed by atoms with Crippen LogP contribution in [0.2, 0.25) is 0 Å². The van der Waals surface area contributed by atoms with Gasteiger partial charge >= 0.3 is 6.09 Å². The average Bonchev–Trinajstić information content (AvgIpc) is 3.43. The van der Waals surface area contributed by atoms with Crippen molar-refractivity contribution >= 4 is 17.7 Å². The molecule has 1 N–H and O–H groups in total. The number of para-hydroxylation sites is 1. The molecule has 3 aliphatic rings. The number of hydrogen-bond acceptors (Lipinski definition) is 4. The maximum absolute atomic E-state index is 12.0. The predicted octanol–water partition coefficient (Wildman–Crippen LogP) is 5.79. The van der Waals surface area contributed by atoms with Crippen molar-refractivity contribution in [3.8, 4) is 0 Å². The number of likely N-dealkylation sites (tertiary alicyclic amines) is 1. The van der Waals surface area contributed by atoms with Crippen LogP contribution in [0.3, 0.4) is 0 Å². The Balaban J connectivity index is 0.000000285. The summed E-state index contributed by atoms with van der Waals surface area (Å²) in [5.74, 6) is 0.271. The van der Waals surface area contributed by atoms with E-state index >= 15 is 0 Å². The van der Waals surface area contributed by atoms with Crippen molar-refractivity contribution in [2.75, 3.05) is 31.1 Å². The summed E-state index contributed by atoms with van der Waals surface area (Å²) in [6.45, 7) is 17.7. The van der Waals surface area contributed by atoms with E-state index in [1.165, 1.54) is 12.0 Å². The van der Waals surface area contributed by atoms with E-state index in [4.69, 9.17) is 4.74 Å². The zero-order chi connectivity index (χ0) is 24.9. The van der Waals surface area contributed by atoms with Gasteiger partial charge in [0, 0.05) is 24.8 Å². The molecule has 33 heavy (non-hydrogen) atoms. The van der Waals surface area contributed by atoms with E-state index in [0.717, 1.165) is 57.5 Å². The quantitative estimate of drug-likeness (QED) is 0.575. The third-order valence-electron chi connectivity index (χ3n) is 5.29. The van der Waals surface area contributed by atoms with E-state index in [9.17, 15) is 9.59 Å². The molecule has 4 rings (SSSR count). The highest BCUT2D eigenvalue weighted by Crippen LogP contribution is 2.32. The molecule has 2 saturated heterocycles. The minimum atomic E-state index is -0.361. The summed E-state index contributed by atoms with van der Waals surface area (Å²) in [7, 11) is 0. The van der Waals surface area contributed by atoms with Gasteiger partial charge in [0.2, 0.25) is 5.91 Å². The van der Waals surface area contributed by atoms with Crippen LogP contribution in [-0.2, 0) is 16.0 Å². The van der Waals surface area contributed by atoms with Crippen LogP contribution in [-0.4, -0.2) is 54.7 Å². The molecule has 6 heteroatoms. The summed E-state index contributed by atoms with van der Waals surface area (Å²) in [5.41, 5.74) is 1.96. The van der Waals surface area contributed by atoms with E-state index in [0.29, 0.717) is 12.5 Å². The molecule has 3 aliphatic heterocycles. The standard InChI is InChI=1S/C13H16N2O.C9H17NO2.C3H8.C2H6/c16-13-9-10-3-1-2-4-12(10)15(13)11-5-7-14-8-6-11;1-9(2,3)12-8(11)10-6-4-5-7-10;1-3-2;1-2/h1-4,11,14H,5-9H2;4-7H2,1-3H3;3H2,1-2H3;1-2H3. The fourth-order valence-corrected chi connectivity index (χ4v) is 3.97. The Morgan fingerprint density at radius 3 is 2.15 bits per heavy atom. The SMILES string of the molecule is CC.CC(C)(C)OC(=O)N1CCCC1.CCC.O=C1Cc2ccccc2N1C1CCNCC1. The summed E-state index contributed by atoms with van der Waals surface area (Å²) in [5, 5.41) is 3.34. The molecular formula is C27H47N3O3. The Morgan fingerprint density at radius 1 is 1.06 bits per heavy atom. The Bertz CT molecular complexity index is 703. The molecule has 0 bridgehead atoms. The van der Waals surface area contributed by atoms with E-state index in [1.54, 1.807) is 4.90 Å². The lowest BCUT2D eigenvalue weighted by Gasteiger charge is -2.32. The normalized spacial score (nSPS) is 17.6. The number of benzene rings is 1. The maximum atomic E-state index is 12.0. The second-order valence-corrected chi connectivity index (χ2v) is 9.43. The van der Waals surface area contributed by atoms with Crippen LogP contribution >= 0.6 is 0 Å². The Kier molecular flexibility index (Phi) is 13.1. The van der Waals surface area contributed by atoms with Crippen LogP contribution in [0.15, 0.2) is 24.3 Å². The second kappa shape index (κ2) is 14.9. The van der Waals surface area contributed by atoms with Gasteiger partial charge in [0.15, 0.2) is 0 Å². The first-order chi connectivity index (χ1) is 15.8. The first-order valence-corrected chi connectivity index (χ1v) is 12.9. The van der Waals surface area contributed by atoms with Gasteiger partial charge < -0.3 is 19.9 Å². The van der Waals surface area contributed by atoms with Crippen LogP contribution in [0.25, 0.3) is 0 Å². The predicted molar refractivity (Wildman–Crippen MR) is 138 cm³/mol. The minimum Gasteiger partial charge on any atom is -0.444 e. The lowest BCUT2D eigenvalue weighted by molar-refractivity contribution is -0.117. The van der Waals surface area contributed by atoms with Gasteiger partial charge in [-0.05, 0) is 71.2 Å². The highest BCUT2D eigenvalue weighted by molar-refractivity contribution is 6.01. The zero-order valence-electron chi connectivity index (χ0n) is 22.1. The molecule has 0 radical (unpaired) electrons. The Labute approximate surface area is 202 Å². The molecule has 1 aromatic carbocycles. The fourth-order valence-electron chi connectivity index (χ4n) is 3.97. The average molecular weight is 462 g/mol.